The Bertz CT molecular complexity index is 1140. The van der Waals surface area contributed by atoms with Crippen molar-refractivity contribution in [2.24, 2.45) is 5.16 Å². The van der Waals surface area contributed by atoms with Crippen molar-refractivity contribution in [3.05, 3.63) is 107 Å². The van der Waals surface area contributed by atoms with Crippen LogP contribution in [0.3, 0.4) is 0 Å². The summed E-state index contributed by atoms with van der Waals surface area (Å²) < 4.78 is 5.50. The van der Waals surface area contributed by atoms with Crippen molar-refractivity contribution in [2.45, 2.75) is 31.6 Å². The fourth-order valence-corrected chi connectivity index (χ4v) is 4.21. The summed E-state index contributed by atoms with van der Waals surface area (Å²) in [5.41, 5.74) is 5.21. The van der Waals surface area contributed by atoms with Gasteiger partial charge >= 0.3 is 5.97 Å². The van der Waals surface area contributed by atoms with Gasteiger partial charge in [0, 0.05) is 30.3 Å². The molecule has 0 saturated heterocycles. The van der Waals surface area contributed by atoms with Crippen molar-refractivity contribution in [3.8, 4) is 5.75 Å². The molecule has 0 fully saturated rings. The monoisotopic (exact) mass is 456 g/mol. The van der Waals surface area contributed by atoms with E-state index in [9.17, 15) is 4.79 Å². The highest BCUT2D eigenvalue weighted by atomic mass is 16.6. The Kier molecular flexibility index (Phi) is 8.06. The van der Waals surface area contributed by atoms with Crippen LogP contribution in [0.25, 0.3) is 0 Å². The Balaban J connectivity index is 1.41. The first-order valence-electron chi connectivity index (χ1n) is 11.5. The van der Waals surface area contributed by atoms with Gasteiger partial charge in [-0.15, -0.1) is 0 Å². The van der Waals surface area contributed by atoms with Crippen LogP contribution >= 0.6 is 0 Å². The number of carboxylic acid groups (broad SMARTS) is 1. The van der Waals surface area contributed by atoms with Crippen LogP contribution < -0.4 is 4.74 Å². The molecule has 6 heteroatoms. The van der Waals surface area contributed by atoms with Crippen LogP contribution in [0, 0.1) is 0 Å². The number of rotatable bonds is 10. The normalized spacial score (nSPS) is 15.6. The molecule has 4 rings (SSSR count). The van der Waals surface area contributed by atoms with E-state index in [1.165, 1.54) is 5.56 Å². The Morgan fingerprint density at radius 2 is 2.00 bits per heavy atom. The molecule has 1 aliphatic carbocycles. The summed E-state index contributed by atoms with van der Waals surface area (Å²) in [6.07, 6.45) is 11.3. The van der Waals surface area contributed by atoms with E-state index in [1.807, 2.05) is 48.5 Å². The van der Waals surface area contributed by atoms with Gasteiger partial charge in [-0.3, -0.25) is 4.98 Å². The molecule has 1 N–H and O–H groups in total. The number of carbonyl (C=O) groups is 1. The van der Waals surface area contributed by atoms with Gasteiger partial charge in [-0.05, 0) is 60.2 Å². The van der Waals surface area contributed by atoms with Crippen molar-refractivity contribution in [1.82, 2.24) is 4.98 Å². The van der Waals surface area contributed by atoms with Crippen LogP contribution in [0.1, 0.15) is 41.0 Å². The Morgan fingerprint density at radius 1 is 1.12 bits per heavy atom. The van der Waals surface area contributed by atoms with E-state index in [0.29, 0.717) is 18.8 Å². The number of aromatic nitrogens is 1. The average Bonchev–Trinajstić information content (AvgIpc) is 2.87. The lowest BCUT2D eigenvalue weighted by atomic mass is 9.82. The topological polar surface area (TPSA) is 81.0 Å². The van der Waals surface area contributed by atoms with E-state index in [2.05, 4.69) is 34.4 Å². The van der Waals surface area contributed by atoms with Crippen LogP contribution in [0.4, 0.5) is 0 Å². The van der Waals surface area contributed by atoms with E-state index in [4.69, 9.17) is 14.7 Å². The number of aliphatic carboxylic acids is 1. The van der Waals surface area contributed by atoms with Gasteiger partial charge in [-0.2, -0.15) is 0 Å². The number of carboxylic acids is 1. The van der Waals surface area contributed by atoms with Crippen LogP contribution in [-0.2, 0) is 22.5 Å². The minimum absolute atomic E-state index is 0.242. The van der Waals surface area contributed by atoms with Gasteiger partial charge in [-0.1, -0.05) is 53.7 Å². The van der Waals surface area contributed by atoms with E-state index < -0.39 is 5.97 Å². The molecule has 3 aromatic rings. The first-order valence-corrected chi connectivity index (χ1v) is 11.5. The number of fused-ring (bicyclic) bond motifs is 1. The van der Waals surface area contributed by atoms with Crippen LogP contribution in [0.2, 0.25) is 0 Å². The predicted octanol–water partition coefficient (Wildman–Crippen LogP) is 5.18. The molecule has 1 aliphatic rings. The molecule has 1 aromatic heterocycles. The molecule has 1 heterocycles. The van der Waals surface area contributed by atoms with E-state index in [-0.39, 0.29) is 12.5 Å². The van der Waals surface area contributed by atoms with Crippen molar-refractivity contribution >= 4 is 11.7 Å². The molecule has 0 amide bonds. The summed E-state index contributed by atoms with van der Waals surface area (Å²) in [4.78, 5) is 20.8. The highest BCUT2D eigenvalue weighted by Crippen LogP contribution is 2.37. The van der Waals surface area contributed by atoms with Crippen molar-refractivity contribution < 1.29 is 19.5 Å². The lowest BCUT2D eigenvalue weighted by Crippen LogP contribution is -2.14. The predicted molar refractivity (Wildman–Crippen MR) is 131 cm³/mol. The van der Waals surface area contributed by atoms with Crippen LogP contribution in [0.5, 0.6) is 5.75 Å². The van der Waals surface area contributed by atoms with Crippen LogP contribution in [-0.4, -0.2) is 35.0 Å². The number of hydrogen-bond donors (Lipinski definition) is 1. The Hall–Kier alpha value is -3.93. The first kappa shape index (κ1) is 23.2. The molecular formula is C28H28N2O4. The third kappa shape index (κ3) is 6.32. The zero-order chi connectivity index (χ0) is 23.6. The van der Waals surface area contributed by atoms with Gasteiger partial charge in [0.05, 0.1) is 5.71 Å². The Labute approximate surface area is 199 Å². The van der Waals surface area contributed by atoms with Crippen molar-refractivity contribution in [2.75, 3.05) is 13.2 Å². The molecule has 1 atom stereocenters. The van der Waals surface area contributed by atoms with E-state index >= 15 is 0 Å². The fourth-order valence-electron chi connectivity index (χ4n) is 4.21. The van der Waals surface area contributed by atoms with Gasteiger partial charge in [-0.25, -0.2) is 4.79 Å². The number of hydrogen-bond acceptors (Lipinski definition) is 5. The number of allylic oxidation sites excluding steroid dienone is 1. The third-order valence-electron chi connectivity index (χ3n) is 5.78. The largest absolute Gasteiger partial charge is 0.482 e. The quantitative estimate of drug-likeness (QED) is 0.197. The number of nitrogens with zero attached hydrogens (tertiary/aromatic N) is 2. The number of oxime groups is 1. The van der Waals surface area contributed by atoms with Crippen molar-refractivity contribution in [3.63, 3.8) is 0 Å². The zero-order valence-corrected chi connectivity index (χ0v) is 19.0. The SMILES string of the molecule is O=C(O)COc1cccc2c1CCCC2/C=C/CO/N=C(/Cc1ccccc1)c1cccnc1. The second-order valence-electron chi connectivity index (χ2n) is 8.17. The summed E-state index contributed by atoms with van der Waals surface area (Å²) in [7, 11) is 0. The van der Waals surface area contributed by atoms with Gasteiger partial charge < -0.3 is 14.7 Å². The molecule has 6 nitrogen and oxygen atoms in total. The van der Waals surface area contributed by atoms with Gasteiger partial charge in [0.15, 0.2) is 6.61 Å². The maximum absolute atomic E-state index is 10.9. The summed E-state index contributed by atoms with van der Waals surface area (Å²) in [6.45, 7) is 0.0324. The highest BCUT2D eigenvalue weighted by molar-refractivity contribution is 6.01. The van der Waals surface area contributed by atoms with Gasteiger partial charge in [0.2, 0.25) is 0 Å². The molecule has 0 bridgehead atoms. The lowest BCUT2D eigenvalue weighted by molar-refractivity contribution is -0.139. The maximum Gasteiger partial charge on any atom is 0.341 e. The first-order chi connectivity index (χ1) is 16.7. The average molecular weight is 457 g/mol. The maximum atomic E-state index is 10.9. The third-order valence-corrected chi connectivity index (χ3v) is 5.78. The fraction of sp³-hybridized carbons (Fsp3) is 0.250. The summed E-state index contributed by atoms with van der Waals surface area (Å²) >= 11 is 0. The molecule has 34 heavy (non-hydrogen) atoms. The molecule has 1 unspecified atom stereocenters. The zero-order valence-electron chi connectivity index (χ0n) is 19.0. The minimum atomic E-state index is -0.972. The van der Waals surface area contributed by atoms with E-state index in [1.54, 1.807) is 12.4 Å². The van der Waals surface area contributed by atoms with E-state index in [0.717, 1.165) is 41.7 Å². The Morgan fingerprint density at radius 3 is 2.79 bits per heavy atom. The molecular weight excluding hydrogens is 428 g/mol. The second-order valence-corrected chi connectivity index (χ2v) is 8.17. The van der Waals surface area contributed by atoms with Crippen LogP contribution in [0.15, 0.2) is 90.4 Å². The van der Waals surface area contributed by atoms with Gasteiger partial charge in [0.1, 0.15) is 12.4 Å². The lowest BCUT2D eigenvalue weighted by Gasteiger charge is -2.25. The molecule has 174 valence electrons. The molecule has 2 aromatic carbocycles. The summed E-state index contributed by atoms with van der Waals surface area (Å²) in [5.74, 6) is -0.0619. The van der Waals surface area contributed by atoms with Crippen molar-refractivity contribution in [1.29, 1.82) is 0 Å². The molecule has 0 radical (unpaired) electrons. The number of pyridine rings is 1. The summed E-state index contributed by atoms with van der Waals surface area (Å²) in [5, 5.41) is 13.3. The second kappa shape index (κ2) is 11.8. The smallest absolute Gasteiger partial charge is 0.341 e. The molecule has 0 spiro atoms. The number of ether oxygens (including phenoxy) is 1. The minimum Gasteiger partial charge on any atom is -0.482 e. The standard InChI is InChI=1S/C28H28N2O4/c31-28(32)20-33-27-15-5-13-24-22(10-4-14-25(24)27)12-7-17-34-30-26(23-11-6-16-29-19-23)18-21-8-2-1-3-9-21/h1-3,5-9,11-13,15-16,19,22H,4,10,14,17-18,20H2,(H,31,32)/b12-7+,30-26-. The molecule has 0 saturated carbocycles. The van der Waals surface area contributed by atoms with Gasteiger partial charge in [0.25, 0.3) is 0 Å². The summed E-state index contributed by atoms with van der Waals surface area (Å²) in [6, 6.07) is 19.9. The highest BCUT2D eigenvalue weighted by Gasteiger charge is 2.21. The molecule has 0 aliphatic heterocycles. The number of benzene rings is 2.